The highest BCUT2D eigenvalue weighted by atomic mass is 32.2. The van der Waals surface area contributed by atoms with Crippen molar-refractivity contribution in [2.75, 3.05) is 10.0 Å². The first kappa shape index (κ1) is 24.1. The Kier molecular flexibility index (Phi) is 7.25. The second kappa shape index (κ2) is 9.93. The summed E-state index contributed by atoms with van der Waals surface area (Å²) in [5, 5.41) is 5.45. The van der Waals surface area contributed by atoms with Gasteiger partial charge in [-0.25, -0.2) is 8.42 Å². The third kappa shape index (κ3) is 6.24. The van der Waals surface area contributed by atoms with Crippen LogP contribution in [0.2, 0.25) is 0 Å². The van der Waals surface area contributed by atoms with Crippen LogP contribution >= 0.6 is 12.2 Å². The van der Waals surface area contributed by atoms with Gasteiger partial charge in [-0.3, -0.25) is 19.6 Å². The normalized spacial score (nSPS) is 10.9. The molecule has 33 heavy (non-hydrogen) atoms. The number of nitrogens with one attached hydrogen (secondary N) is 3. The molecule has 7 nitrogen and oxygen atoms in total. The maximum absolute atomic E-state index is 12.7. The zero-order valence-electron chi connectivity index (χ0n) is 18.3. The Morgan fingerprint density at radius 3 is 1.94 bits per heavy atom. The van der Waals surface area contributed by atoms with E-state index in [2.05, 4.69) is 15.4 Å². The summed E-state index contributed by atoms with van der Waals surface area (Å²) in [7, 11) is -3.76. The summed E-state index contributed by atoms with van der Waals surface area (Å²) in [6, 6.07) is 17.5. The monoisotopic (exact) mass is 481 g/mol. The average molecular weight is 482 g/mol. The van der Waals surface area contributed by atoms with Crippen LogP contribution in [0, 0.1) is 13.8 Å². The molecule has 3 rings (SSSR count). The second-order valence-electron chi connectivity index (χ2n) is 7.47. The van der Waals surface area contributed by atoms with Gasteiger partial charge in [-0.2, -0.15) is 0 Å². The van der Waals surface area contributed by atoms with E-state index < -0.39 is 15.9 Å². The van der Waals surface area contributed by atoms with Gasteiger partial charge in [0.25, 0.3) is 15.9 Å². The largest absolute Gasteiger partial charge is 0.332 e. The number of hydrogen-bond acceptors (Lipinski definition) is 5. The molecule has 9 heteroatoms. The number of sulfonamides is 1. The van der Waals surface area contributed by atoms with Crippen LogP contribution in [-0.2, 0) is 10.0 Å². The number of benzene rings is 3. The Morgan fingerprint density at radius 2 is 1.36 bits per heavy atom. The van der Waals surface area contributed by atoms with Crippen molar-refractivity contribution in [3.8, 4) is 0 Å². The van der Waals surface area contributed by atoms with Crippen LogP contribution in [-0.4, -0.2) is 25.2 Å². The smallest absolute Gasteiger partial charge is 0.261 e. The zero-order chi connectivity index (χ0) is 24.2. The van der Waals surface area contributed by atoms with Crippen molar-refractivity contribution in [3.63, 3.8) is 0 Å². The number of carbonyl (C=O) groups is 2. The first-order valence-corrected chi connectivity index (χ1v) is 11.9. The highest BCUT2D eigenvalue weighted by molar-refractivity contribution is 7.92. The third-order valence-electron chi connectivity index (χ3n) is 4.96. The van der Waals surface area contributed by atoms with Gasteiger partial charge in [0, 0.05) is 22.5 Å². The summed E-state index contributed by atoms with van der Waals surface area (Å²) in [5.74, 6) is -0.520. The summed E-state index contributed by atoms with van der Waals surface area (Å²) < 4.78 is 27.9. The molecule has 0 spiro atoms. The lowest BCUT2D eigenvalue weighted by molar-refractivity contribution is 0.0974. The lowest BCUT2D eigenvalue weighted by Crippen LogP contribution is -2.34. The number of aryl methyl sites for hydroxylation is 2. The molecule has 0 aliphatic heterocycles. The van der Waals surface area contributed by atoms with Crippen molar-refractivity contribution < 1.29 is 18.0 Å². The molecule has 0 fully saturated rings. The maximum Gasteiger partial charge on any atom is 0.261 e. The van der Waals surface area contributed by atoms with Crippen LogP contribution in [0.4, 0.5) is 11.4 Å². The fraction of sp³-hybridized carbons (Fsp3) is 0.125. The number of ketones is 1. The second-order valence-corrected chi connectivity index (χ2v) is 9.56. The molecule has 0 saturated carbocycles. The third-order valence-corrected chi connectivity index (χ3v) is 6.56. The van der Waals surface area contributed by atoms with Crippen LogP contribution in [0.25, 0.3) is 0 Å². The highest BCUT2D eigenvalue weighted by Gasteiger charge is 2.15. The lowest BCUT2D eigenvalue weighted by atomic mass is 10.1. The summed E-state index contributed by atoms with van der Waals surface area (Å²) in [4.78, 5) is 23.7. The predicted octanol–water partition coefficient (Wildman–Crippen LogP) is 4.43. The van der Waals surface area contributed by atoms with Crippen LogP contribution in [0.5, 0.6) is 0 Å². The van der Waals surface area contributed by atoms with Gasteiger partial charge in [-0.1, -0.05) is 18.2 Å². The molecule has 3 aromatic rings. The van der Waals surface area contributed by atoms with Crippen LogP contribution in [0.15, 0.2) is 71.6 Å². The van der Waals surface area contributed by atoms with Crippen molar-refractivity contribution in [1.82, 2.24) is 5.32 Å². The van der Waals surface area contributed by atoms with E-state index >= 15 is 0 Å². The molecule has 1 amide bonds. The number of thiocarbonyl (C=S) groups is 1. The standard InChI is InChI=1S/C24H23N3O4S2/c1-15-4-9-21(14-16(15)2)27-33(30,31)22-12-10-20(11-13-22)25-24(32)26-23(29)19-7-5-18(6-8-19)17(3)28/h4-14,27H,1-3H3,(H2,25,26,29,32). The molecule has 0 saturated heterocycles. The van der Waals surface area contributed by atoms with Crippen molar-refractivity contribution in [2.24, 2.45) is 0 Å². The highest BCUT2D eigenvalue weighted by Crippen LogP contribution is 2.20. The molecular formula is C24H23N3O4S2. The van der Waals surface area contributed by atoms with E-state index in [0.29, 0.717) is 22.5 Å². The Morgan fingerprint density at radius 1 is 0.788 bits per heavy atom. The van der Waals surface area contributed by atoms with Gasteiger partial charge in [0.2, 0.25) is 0 Å². The minimum absolute atomic E-state index is 0.0551. The van der Waals surface area contributed by atoms with E-state index in [9.17, 15) is 18.0 Å². The predicted molar refractivity (Wildman–Crippen MR) is 133 cm³/mol. The summed E-state index contributed by atoms with van der Waals surface area (Å²) >= 11 is 5.17. The molecule has 0 heterocycles. The van der Waals surface area contributed by atoms with Gasteiger partial charge in [0.05, 0.1) is 4.90 Å². The molecule has 0 aliphatic rings. The number of hydrogen-bond donors (Lipinski definition) is 3. The summed E-state index contributed by atoms with van der Waals surface area (Å²) in [6.07, 6.45) is 0. The minimum atomic E-state index is -3.76. The average Bonchev–Trinajstić information content (AvgIpc) is 2.76. The van der Waals surface area contributed by atoms with E-state index in [0.717, 1.165) is 11.1 Å². The van der Waals surface area contributed by atoms with Gasteiger partial charge >= 0.3 is 0 Å². The van der Waals surface area contributed by atoms with Gasteiger partial charge in [0.15, 0.2) is 10.9 Å². The maximum atomic E-state index is 12.7. The summed E-state index contributed by atoms with van der Waals surface area (Å²) in [6.45, 7) is 5.32. The van der Waals surface area contributed by atoms with E-state index in [1.54, 1.807) is 36.4 Å². The molecule has 0 aromatic heterocycles. The molecular weight excluding hydrogens is 458 g/mol. The molecule has 170 valence electrons. The van der Waals surface area contributed by atoms with E-state index in [-0.39, 0.29) is 15.8 Å². The van der Waals surface area contributed by atoms with Gasteiger partial charge in [0.1, 0.15) is 0 Å². The zero-order valence-corrected chi connectivity index (χ0v) is 19.9. The van der Waals surface area contributed by atoms with Crippen molar-refractivity contribution in [1.29, 1.82) is 0 Å². The summed E-state index contributed by atoms with van der Waals surface area (Å²) in [5.41, 5.74) is 3.92. The van der Waals surface area contributed by atoms with Gasteiger partial charge in [-0.15, -0.1) is 0 Å². The van der Waals surface area contributed by atoms with Crippen molar-refractivity contribution in [2.45, 2.75) is 25.7 Å². The Hall–Kier alpha value is -3.56. The fourth-order valence-corrected chi connectivity index (χ4v) is 4.19. The van der Waals surface area contributed by atoms with E-state index in [1.165, 1.54) is 31.2 Å². The molecule has 0 unspecified atom stereocenters. The fourth-order valence-electron chi connectivity index (χ4n) is 2.93. The quantitative estimate of drug-likeness (QED) is 0.355. The number of anilines is 2. The first-order valence-electron chi connectivity index (χ1n) is 9.98. The molecule has 0 bridgehead atoms. The number of carbonyl (C=O) groups excluding carboxylic acids is 2. The van der Waals surface area contributed by atoms with Crippen LogP contribution in [0.3, 0.4) is 0 Å². The number of amides is 1. The molecule has 3 aromatic carbocycles. The molecule has 0 radical (unpaired) electrons. The Bertz CT molecular complexity index is 1320. The molecule has 3 N–H and O–H groups in total. The number of Topliss-reactive ketones (excluding diaryl/α,β-unsaturated/α-hetero) is 1. The van der Waals surface area contributed by atoms with E-state index in [4.69, 9.17) is 12.2 Å². The Labute approximate surface area is 198 Å². The number of rotatable bonds is 6. The SMILES string of the molecule is CC(=O)c1ccc(C(=O)NC(=S)Nc2ccc(S(=O)(=O)Nc3ccc(C)c(C)c3)cc2)cc1. The molecule has 0 atom stereocenters. The van der Waals surface area contributed by atoms with Gasteiger partial charge in [-0.05, 0) is 92.6 Å². The first-order chi connectivity index (χ1) is 15.5. The lowest BCUT2D eigenvalue weighted by Gasteiger charge is -2.12. The van der Waals surface area contributed by atoms with E-state index in [1.807, 2.05) is 19.9 Å². The van der Waals surface area contributed by atoms with Crippen LogP contribution in [0.1, 0.15) is 38.8 Å². The van der Waals surface area contributed by atoms with Crippen molar-refractivity contribution >= 4 is 50.4 Å². The Balaban J connectivity index is 1.62. The van der Waals surface area contributed by atoms with Crippen LogP contribution < -0.4 is 15.4 Å². The molecule has 0 aliphatic carbocycles. The van der Waals surface area contributed by atoms with Gasteiger partial charge < -0.3 is 5.32 Å². The minimum Gasteiger partial charge on any atom is -0.332 e. The topological polar surface area (TPSA) is 104 Å². The van der Waals surface area contributed by atoms with Crippen molar-refractivity contribution in [3.05, 3.63) is 89.0 Å².